The summed E-state index contributed by atoms with van der Waals surface area (Å²) in [6, 6.07) is 15.2. The monoisotopic (exact) mass is 382 g/mol. The largest absolute Gasteiger partial charge is 0.452 e. The van der Waals surface area contributed by atoms with Crippen molar-refractivity contribution < 1.29 is 14.3 Å². The summed E-state index contributed by atoms with van der Waals surface area (Å²) < 4.78 is 5.01. The molecule has 2 aromatic rings. The second-order valence-corrected chi connectivity index (χ2v) is 6.54. The molecule has 0 saturated carbocycles. The fourth-order valence-electron chi connectivity index (χ4n) is 2.60. The Morgan fingerprint density at radius 3 is 2.74 bits per heavy atom. The lowest BCUT2D eigenvalue weighted by atomic mass is 10.1. The van der Waals surface area contributed by atoms with Gasteiger partial charge >= 0.3 is 5.97 Å². The number of hydrogen-bond donors (Lipinski definition) is 0. The van der Waals surface area contributed by atoms with Crippen LogP contribution in [0.3, 0.4) is 0 Å². The lowest BCUT2D eigenvalue weighted by molar-refractivity contribution is -0.147. The van der Waals surface area contributed by atoms with Crippen LogP contribution in [0.2, 0.25) is 5.02 Å². The van der Waals surface area contributed by atoms with Crippen LogP contribution in [0.25, 0.3) is 6.08 Å². The van der Waals surface area contributed by atoms with Gasteiger partial charge in [-0.15, -0.1) is 0 Å². The molecule has 0 N–H and O–H groups in total. The first-order chi connectivity index (χ1) is 13.0. The minimum Gasteiger partial charge on any atom is -0.452 e. The second-order valence-electron chi connectivity index (χ2n) is 6.13. The Hall–Kier alpha value is -2.92. The van der Waals surface area contributed by atoms with E-state index in [1.165, 1.54) is 11.1 Å². The average molecular weight is 383 g/mol. The molecule has 2 aromatic carbocycles. The quantitative estimate of drug-likeness (QED) is 0.583. The molecule has 0 atom stereocenters. The number of carbonyl (C=O) groups is 2. The molecular weight excluding hydrogens is 364 g/mol. The fourth-order valence-corrected chi connectivity index (χ4v) is 2.79. The molecule has 0 bridgehead atoms. The average Bonchev–Trinajstić information content (AvgIpc) is 3.18. The molecule has 1 aliphatic heterocycles. The van der Waals surface area contributed by atoms with Crippen molar-refractivity contribution >= 4 is 35.3 Å². The van der Waals surface area contributed by atoms with Crippen LogP contribution in [0.4, 0.5) is 0 Å². The molecule has 138 valence electrons. The van der Waals surface area contributed by atoms with Gasteiger partial charge in [0, 0.05) is 17.5 Å². The van der Waals surface area contributed by atoms with Crippen molar-refractivity contribution in [2.45, 2.75) is 13.3 Å². The van der Waals surface area contributed by atoms with Crippen LogP contribution in [0.1, 0.15) is 23.1 Å². The van der Waals surface area contributed by atoms with Gasteiger partial charge < -0.3 is 4.74 Å². The number of rotatable bonds is 5. The Bertz CT molecular complexity index is 907. The predicted molar refractivity (Wildman–Crippen MR) is 105 cm³/mol. The molecule has 0 aliphatic carbocycles. The topological polar surface area (TPSA) is 59.0 Å². The number of hydrogen-bond acceptors (Lipinski definition) is 4. The number of esters is 1. The highest BCUT2D eigenvalue weighted by Gasteiger charge is 2.22. The maximum absolute atomic E-state index is 12.2. The van der Waals surface area contributed by atoms with E-state index in [1.807, 2.05) is 49.4 Å². The molecule has 1 aliphatic rings. The smallest absolute Gasteiger partial charge is 0.331 e. The molecule has 27 heavy (non-hydrogen) atoms. The number of aryl methyl sites for hydroxylation is 1. The van der Waals surface area contributed by atoms with E-state index in [-0.39, 0.29) is 12.5 Å². The van der Waals surface area contributed by atoms with Crippen LogP contribution >= 0.6 is 11.6 Å². The van der Waals surface area contributed by atoms with Gasteiger partial charge in [-0.2, -0.15) is 5.10 Å². The number of nitrogens with zero attached hydrogens (tertiary/aromatic N) is 2. The first kappa shape index (κ1) is 18.9. The zero-order valence-corrected chi connectivity index (χ0v) is 15.6. The van der Waals surface area contributed by atoms with Crippen molar-refractivity contribution in [2.24, 2.45) is 5.10 Å². The minimum atomic E-state index is -0.591. The van der Waals surface area contributed by atoms with E-state index in [2.05, 4.69) is 5.10 Å². The Kier molecular flexibility index (Phi) is 6.04. The highest BCUT2D eigenvalue weighted by atomic mass is 35.5. The molecule has 1 heterocycles. The SMILES string of the molecule is Cc1ccc(/C=C/C(=O)OCC(=O)N2CCC(c3ccccc3)=N2)cc1Cl. The zero-order valence-electron chi connectivity index (χ0n) is 14.9. The summed E-state index contributed by atoms with van der Waals surface area (Å²) >= 11 is 6.05. The number of amides is 1. The fraction of sp³-hybridized carbons (Fsp3) is 0.190. The molecule has 0 radical (unpaired) electrons. The molecule has 0 fully saturated rings. The summed E-state index contributed by atoms with van der Waals surface area (Å²) in [5.74, 6) is -0.937. The molecule has 5 nitrogen and oxygen atoms in total. The van der Waals surface area contributed by atoms with Crippen molar-refractivity contribution in [3.8, 4) is 0 Å². The first-order valence-corrected chi connectivity index (χ1v) is 8.95. The van der Waals surface area contributed by atoms with Gasteiger partial charge in [0.15, 0.2) is 6.61 Å². The van der Waals surface area contributed by atoms with Gasteiger partial charge in [-0.05, 0) is 35.8 Å². The number of carbonyl (C=O) groups excluding carboxylic acids is 2. The summed E-state index contributed by atoms with van der Waals surface area (Å²) in [7, 11) is 0. The Balaban J connectivity index is 1.51. The molecule has 1 amide bonds. The van der Waals surface area contributed by atoms with Crippen LogP contribution in [0, 0.1) is 6.92 Å². The second kappa shape index (κ2) is 8.64. The Labute approximate surface area is 162 Å². The molecule has 6 heteroatoms. The van der Waals surface area contributed by atoms with Gasteiger partial charge in [-0.3, -0.25) is 4.79 Å². The van der Waals surface area contributed by atoms with Crippen LogP contribution in [-0.2, 0) is 14.3 Å². The van der Waals surface area contributed by atoms with E-state index in [4.69, 9.17) is 16.3 Å². The van der Waals surface area contributed by atoms with Gasteiger partial charge in [0.25, 0.3) is 5.91 Å². The van der Waals surface area contributed by atoms with Crippen LogP contribution in [-0.4, -0.2) is 35.7 Å². The Morgan fingerprint density at radius 1 is 1.22 bits per heavy atom. The summed E-state index contributed by atoms with van der Waals surface area (Å²) in [6.07, 6.45) is 3.55. The molecular formula is C21H19ClN2O3. The number of halogens is 1. The van der Waals surface area contributed by atoms with Crippen molar-refractivity contribution in [2.75, 3.05) is 13.2 Å². The summed E-state index contributed by atoms with van der Waals surface area (Å²) in [4.78, 5) is 24.0. The van der Waals surface area contributed by atoms with Crippen LogP contribution in [0.5, 0.6) is 0 Å². The zero-order chi connectivity index (χ0) is 19.2. The van der Waals surface area contributed by atoms with Crippen molar-refractivity contribution in [1.82, 2.24) is 5.01 Å². The third-order valence-corrected chi connectivity index (χ3v) is 4.55. The van der Waals surface area contributed by atoms with Gasteiger partial charge in [-0.1, -0.05) is 54.1 Å². The van der Waals surface area contributed by atoms with Gasteiger partial charge in [-0.25, -0.2) is 9.80 Å². The maximum Gasteiger partial charge on any atom is 0.331 e. The van der Waals surface area contributed by atoms with E-state index in [0.717, 1.165) is 22.4 Å². The minimum absolute atomic E-state index is 0.344. The Morgan fingerprint density at radius 2 is 2.00 bits per heavy atom. The third-order valence-electron chi connectivity index (χ3n) is 4.14. The van der Waals surface area contributed by atoms with E-state index < -0.39 is 5.97 Å². The summed E-state index contributed by atoms with van der Waals surface area (Å²) in [5, 5.41) is 6.30. The van der Waals surface area contributed by atoms with Crippen LogP contribution in [0.15, 0.2) is 59.7 Å². The van der Waals surface area contributed by atoms with Crippen molar-refractivity contribution in [3.05, 3.63) is 76.3 Å². The predicted octanol–water partition coefficient (Wildman–Crippen LogP) is 3.84. The highest BCUT2D eigenvalue weighted by Crippen LogP contribution is 2.17. The molecule has 0 unspecified atom stereocenters. The van der Waals surface area contributed by atoms with E-state index in [1.54, 1.807) is 12.1 Å². The lowest BCUT2D eigenvalue weighted by Gasteiger charge is -2.10. The number of benzene rings is 2. The van der Waals surface area contributed by atoms with Gasteiger partial charge in [0.05, 0.1) is 12.3 Å². The number of hydrazone groups is 1. The number of ether oxygens (including phenoxy) is 1. The molecule has 0 aromatic heterocycles. The molecule has 3 rings (SSSR count). The highest BCUT2D eigenvalue weighted by molar-refractivity contribution is 6.31. The normalized spacial score (nSPS) is 13.7. The first-order valence-electron chi connectivity index (χ1n) is 8.57. The third kappa shape index (κ3) is 5.05. The van der Waals surface area contributed by atoms with Gasteiger partial charge in [0.2, 0.25) is 0 Å². The summed E-state index contributed by atoms with van der Waals surface area (Å²) in [6.45, 7) is 2.04. The van der Waals surface area contributed by atoms with E-state index in [0.29, 0.717) is 18.0 Å². The molecule has 0 spiro atoms. The summed E-state index contributed by atoms with van der Waals surface area (Å²) in [5.41, 5.74) is 3.59. The van der Waals surface area contributed by atoms with E-state index >= 15 is 0 Å². The maximum atomic E-state index is 12.2. The van der Waals surface area contributed by atoms with Crippen molar-refractivity contribution in [1.29, 1.82) is 0 Å². The van der Waals surface area contributed by atoms with E-state index in [9.17, 15) is 9.59 Å². The molecule has 0 saturated heterocycles. The van der Waals surface area contributed by atoms with Gasteiger partial charge in [0.1, 0.15) is 0 Å². The van der Waals surface area contributed by atoms with Crippen molar-refractivity contribution in [3.63, 3.8) is 0 Å². The van der Waals surface area contributed by atoms with Crippen LogP contribution < -0.4 is 0 Å². The lowest BCUT2D eigenvalue weighted by Crippen LogP contribution is -2.28. The standard InChI is InChI=1S/C21H19ClN2O3/c1-15-7-8-16(13-18(15)22)9-10-21(26)27-14-20(25)24-12-11-19(23-24)17-5-3-2-4-6-17/h2-10,13H,11-12,14H2,1H3/b10-9+.